The van der Waals surface area contributed by atoms with Gasteiger partial charge in [0, 0.05) is 16.7 Å². The maximum atomic E-state index is 5.90. The molecule has 3 nitrogen and oxygen atoms in total. The van der Waals surface area contributed by atoms with Crippen LogP contribution in [0.1, 0.15) is 17.2 Å². The summed E-state index contributed by atoms with van der Waals surface area (Å²) in [5.74, 6) is 0.848. The lowest BCUT2D eigenvalue weighted by Gasteiger charge is -2.20. The Morgan fingerprint density at radius 2 is 1.90 bits per heavy atom. The van der Waals surface area contributed by atoms with Gasteiger partial charge in [-0.25, -0.2) is 0 Å². The SMILES string of the molecule is COc1ccc(C(CN)Nc2cc(C)ccc2Br)cc1. The van der Waals surface area contributed by atoms with E-state index in [9.17, 15) is 0 Å². The highest BCUT2D eigenvalue weighted by Crippen LogP contribution is 2.28. The number of anilines is 1. The van der Waals surface area contributed by atoms with Gasteiger partial charge in [-0.3, -0.25) is 0 Å². The van der Waals surface area contributed by atoms with Gasteiger partial charge in [0.25, 0.3) is 0 Å². The first-order valence-electron chi connectivity index (χ1n) is 6.50. The molecular formula is C16H19BrN2O. The van der Waals surface area contributed by atoms with E-state index in [1.54, 1.807) is 7.11 Å². The van der Waals surface area contributed by atoms with Crippen molar-refractivity contribution < 1.29 is 4.74 Å². The van der Waals surface area contributed by atoms with Crippen LogP contribution in [-0.2, 0) is 0 Å². The molecule has 0 fully saturated rings. The van der Waals surface area contributed by atoms with Crippen LogP contribution in [0.5, 0.6) is 5.75 Å². The molecule has 0 heterocycles. The van der Waals surface area contributed by atoms with Crippen molar-refractivity contribution in [2.24, 2.45) is 5.73 Å². The van der Waals surface area contributed by atoms with E-state index in [2.05, 4.69) is 40.3 Å². The van der Waals surface area contributed by atoms with Gasteiger partial charge in [0.1, 0.15) is 5.75 Å². The highest BCUT2D eigenvalue weighted by molar-refractivity contribution is 9.10. The van der Waals surface area contributed by atoms with Crippen LogP contribution in [0, 0.1) is 6.92 Å². The molecule has 4 heteroatoms. The van der Waals surface area contributed by atoms with Crippen LogP contribution in [0.25, 0.3) is 0 Å². The average molecular weight is 335 g/mol. The fourth-order valence-corrected chi connectivity index (χ4v) is 2.41. The lowest BCUT2D eigenvalue weighted by molar-refractivity contribution is 0.414. The Hall–Kier alpha value is -1.52. The van der Waals surface area contributed by atoms with E-state index >= 15 is 0 Å². The molecule has 0 radical (unpaired) electrons. The Labute approximate surface area is 128 Å². The summed E-state index contributed by atoms with van der Waals surface area (Å²) >= 11 is 3.56. The first-order chi connectivity index (χ1) is 9.63. The number of nitrogens with one attached hydrogen (secondary N) is 1. The minimum atomic E-state index is 0.0685. The highest BCUT2D eigenvalue weighted by Gasteiger charge is 2.11. The van der Waals surface area contributed by atoms with E-state index < -0.39 is 0 Å². The normalized spacial score (nSPS) is 12.0. The molecule has 0 aliphatic heterocycles. The number of aryl methyl sites for hydroxylation is 1. The summed E-state index contributed by atoms with van der Waals surface area (Å²) in [6.45, 7) is 2.59. The molecule has 2 rings (SSSR count). The molecule has 106 valence electrons. The molecule has 1 unspecified atom stereocenters. The van der Waals surface area contributed by atoms with Crippen molar-refractivity contribution >= 4 is 21.6 Å². The van der Waals surface area contributed by atoms with Crippen LogP contribution in [0.3, 0.4) is 0 Å². The van der Waals surface area contributed by atoms with Crippen molar-refractivity contribution in [2.75, 3.05) is 19.0 Å². The number of methoxy groups -OCH3 is 1. The Balaban J connectivity index is 2.21. The number of rotatable bonds is 5. The Kier molecular flexibility index (Phi) is 5.04. The molecule has 2 aromatic carbocycles. The van der Waals surface area contributed by atoms with Crippen molar-refractivity contribution in [3.05, 3.63) is 58.1 Å². The van der Waals surface area contributed by atoms with Gasteiger partial charge in [0.2, 0.25) is 0 Å². The lowest BCUT2D eigenvalue weighted by Crippen LogP contribution is -2.20. The first kappa shape index (κ1) is 14.9. The second-order valence-electron chi connectivity index (χ2n) is 4.69. The van der Waals surface area contributed by atoms with Gasteiger partial charge in [0.05, 0.1) is 13.2 Å². The number of nitrogens with two attached hydrogens (primary N) is 1. The van der Waals surface area contributed by atoms with E-state index in [-0.39, 0.29) is 6.04 Å². The van der Waals surface area contributed by atoms with Crippen LogP contribution in [0.15, 0.2) is 46.9 Å². The lowest BCUT2D eigenvalue weighted by atomic mass is 10.1. The van der Waals surface area contributed by atoms with Gasteiger partial charge in [-0.15, -0.1) is 0 Å². The summed E-state index contributed by atoms with van der Waals surface area (Å²) in [4.78, 5) is 0. The third kappa shape index (κ3) is 3.52. The standard InChI is InChI=1S/C16H19BrN2O/c1-11-3-8-14(17)15(9-11)19-16(10-18)12-4-6-13(20-2)7-5-12/h3-9,16,19H,10,18H2,1-2H3. The molecular weight excluding hydrogens is 316 g/mol. The van der Waals surface area contributed by atoms with Crippen molar-refractivity contribution in [2.45, 2.75) is 13.0 Å². The van der Waals surface area contributed by atoms with E-state index in [1.807, 2.05) is 30.3 Å². The summed E-state index contributed by atoms with van der Waals surface area (Å²) in [5, 5.41) is 3.48. The molecule has 0 aliphatic carbocycles. The fourth-order valence-electron chi connectivity index (χ4n) is 2.05. The molecule has 0 aromatic heterocycles. The zero-order valence-electron chi connectivity index (χ0n) is 11.7. The molecule has 2 aromatic rings. The molecule has 0 amide bonds. The topological polar surface area (TPSA) is 47.3 Å². The monoisotopic (exact) mass is 334 g/mol. The van der Waals surface area contributed by atoms with E-state index in [0.29, 0.717) is 6.54 Å². The smallest absolute Gasteiger partial charge is 0.118 e. The van der Waals surface area contributed by atoms with Crippen LogP contribution in [-0.4, -0.2) is 13.7 Å². The van der Waals surface area contributed by atoms with Gasteiger partial charge in [-0.05, 0) is 58.2 Å². The summed E-state index contributed by atoms with van der Waals surface area (Å²) in [6.07, 6.45) is 0. The Morgan fingerprint density at radius 3 is 2.50 bits per heavy atom. The molecule has 0 bridgehead atoms. The van der Waals surface area contributed by atoms with Gasteiger partial charge >= 0.3 is 0 Å². The molecule has 0 saturated heterocycles. The molecule has 0 spiro atoms. The van der Waals surface area contributed by atoms with Crippen molar-refractivity contribution in [3.8, 4) is 5.75 Å². The molecule has 0 aliphatic rings. The Bertz CT molecular complexity index is 569. The quantitative estimate of drug-likeness (QED) is 0.872. The summed E-state index contributed by atoms with van der Waals surface area (Å²) < 4.78 is 6.21. The minimum Gasteiger partial charge on any atom is -0.497 e. The molecule has 0 saturated carbocycles. The largest absolute Gasteiger partial charge is 0.497 e. The summed E-state index contributed by atoms with van der Waals surface area (Å²) in [5.41, 5.74) is 9.30. The van der Waals surface area contributed by atoms with Crippen LogP contribution in [0.2, 0.25) is 0 Å². The van der Waals surface area contributed by atoms with Gasteiger partial charge < -0.3 is 15.8 Å². The van der Waals surface area contributed by atoms with E-state index in [1.165, 1.54) is 5.56 Å². The number of benzene rings is 2. The van der Waals surface area contributed by atoms with Gasteiger partial charge in [-0.2, -0.15) is 0 Å². The number of halogens is 1. The van der Waals surface area contributed by atoms with Crippen LogP contribution >= 0.6 is 15.9 Å². The second-order valence-corrected chi connectivity index (χ2v) is 5.54. The van der Waals surface area contributed by atoms with Crippen molar-refractivity contribution in [1.29, 1.82) is 0 Å². The first-order valence-corrected chi connectivity index (χ1v) is 7.30. The zero-order valence-corrected chi connectivity index (χ0v) is 13.3. The minimum absolute atomic E-state index is 0.0685. The third-order valence-corrected chi connectivity index (χ3v) is 3.90. The molecule has 3 N–H and O–H groups in total. The predicted molar refractivity (Wildman–Crippen MR) is 87.3 cm³/mol. The molecule has 1 atom stereocenters. The maximum Gasteiger partial charge on any atom is 0.118 e. The van der Waals surface area contributed by atoms with Gasteiger partial charge in [-0.1, -0.05) is 18.2 Å². The number of hydrogen-bond acceptors (Lipinski definition) is 3. The zero-order chi connectivity index (χ0) is 14.5. The van der Waals surface area contributed by atoms with Crippen molar-refractivity contribution in [3.63, 3.8) is 0 Å². The second kappa shape index (κ2) is 6.77. The highest BCUT2D eigenvalue weighted by atomic mass is 79.9. The van der Waals surface area contributed by atoms with Crippen LogP contribution in [0.4, 0.5) is 5.69 Å². The van der Waals surface area contributed by atoms with Crippen LogP contribution < -0.4 is 15.8 Å². The number of ether oxygens (including phenoxy) is 1. The molecule has 20 heavy (non-hydrogen) atoms. The summed E-state index contributed by atoms with van der Waals surface area (Å²) in [6, 6.07) is 14.3. The number of hydrogen-bond donors (Lipinski definition) is 2. The maximum absolute atomic E-state index is 5.90. The fraction of sp³-hybridized carbons (Fsp3) is 0.250. The third-order valence-electron chi connectivity index (χ3n) is 3.21. The van der Waals surface area contributed by atoms with E-state index in [0.717, 1.165) is 21.5 Å². The predicted octanol–water partition coefficient (Wildman–Crippen LogP) is 3.88. The Morgan fingerprint density at radius 1 is 1.20 bits per heavy atom. The van der Waals surface area contributed by atoms with Crippen molar-refractivity contribution in [1.82, 2.24) is 0 Å². The average Bonchev–Trinajstić information content (AvgIpc) is 2.48. The van der Waals surface area contributed by atoms with E-state index in [4.69, 9.17) is 10.5 Å². The van der Waals surface area contributed by atoms with Gasteiger partial charge in [0.15, 0.2) is 0 Å². The summed E-state index contributed by atoms with van der Waals surface area (Å²) in [7, 11) is 1.66.